The molecule has 0 atom stereocenters. The van der Waals surface area contributed by atoms with Gasteiger partial charge in [-0.1, -0.05) is 25.1 Å². The predicted molar refractivity (Wildman–Crippen MR) is 122 cm³/mol. The van der Waals surface area contributed by atoms with Crippen LogP contribution in [0.5, 0.6) is 0 Å². The van der Waals surface area contributed by atoms with Gasteiger partial charge in [0.15, 0.2) is 0 Å². The molecule has 0 fully saturated rings. The first-order valence-corrected chi connectivity index (χ1v) is 10.7. The van der Waals surface area contributed by atoms with Crippen LogP contribution in [0.25, 0.3) is 11.0 Å². The molecule has 6 nitrogen and oxygen atoms in total. The SMILES string of the molecule is C/C=C(\O/C=C/CC)C(C)(C)C(=O)N1CCc2nc[nH]c2C1.c1ccc2occc2c1. The first-order valence-electron chi connectivity index (χ1n) is 10.7. The fourth-order valence-corrected chi connectivity index (χ4v) is 3.59. The van der Waals surface area contributed by atoms with E-state index in [2.05, 4.69) is 9.97 Å². The Hall–Kier alpha value is -3.28. The topological polar surface area (TPSA) is 71.4 Å². The Labute approximate surface area is 183 Å². The highest BCUT2D eigenvalue weighted by atomic mass is 16.5. The van der Waals surface area contributed by atoms with Crippen molar-refractivity contribution in [3.8, 4) is 0 Å². The highest BCUT2D eigenvalue weighted by Gasteiger charge is 2.38. The second kappa shape index (κ2) is 10.2. The molecule has 2 aromatic heterocycles. The van der Waals surface area contributed by atoms with Gasteiger partial charge in [0.05, 0.1) is 36.8 Å². The lowest BCUT2D eigenvalue weighted by Crippen LogP contribution is -2.44. The molecular formula is C25H31N3O3. The minimum atomic E-state index is -0.690. The number of H-pyrrole nitrogens is 1. The summed E-state index contributed by atoms with van der Waals surface area (Å²) in [5.74, 6) is 0.753. The van der Waals surface area contributed by atoms with Crippen LogP contribution in [0.1, 0.15) is 45.5 Å². The number of aromatic nitrogens is 2. The molecule has 164 valence electrons. The van der Waals surface area contributed by atoms with Gasteiger partial charge in [0.1, 0.15) is 16.8 Å². The summed E-state index contributed by atoms with van der Waals surface area (Å²) in [6.07, 6.45) is 10.5. The molecule has 0 saturated heterocycles. The summed E-state index contributed by atoms with van der Waals surface area (Å²) >= 11 is 0. The molecule has 1 aliphatic heterocycles. The smallest absolute Gasteiger partial charge is 0.236 e. The minimum Gasteiger partial charge on any atom is -0.469 e. The van der Waals surface area contributed by atoms with Crippen LogP contribution >= 0.6 is 0 Å². The second-order valence-electron chi connectivity index (χ2n) is 7.94. The molecule has 4 rings (SSSR count). The third kappa shape index (κ3) is 5.26. The fraction of sp³-hybridized carbons (Fsp3) is 0.360. The second-order valence-corrected chi connectivity index (χ2v) is 7.94. The Morgan fingerprint density at radius 1 is 1.32 bits per heavy atom. The van der Waals surface area contributed by atoms with Gasteiger partial charge in [-0.25, -0.2) is 4.98 Å². The molecule has 6 heteroatoms. The van der Waals surface area contributed by atoms with E-state index in [0.717, 1.165) is 35.2 Å². The van der Waals surface area contributed by atoms with Gasteiger partial charge in [-0.3, -0.25) is 4.79 Å². The van der Waals surface area contributed by atoms with Crippen LogP contribution in [-0.2, 0) is 22.5 Å². The van der Waals surface area contributed by atoms with Crippen molar-refractivity contribution in [3.05, 3.63) is 78.5 Å². The summed E-state index contributed by atoms with van der Waals surface area (Å²) < 4.78 is 10.8. The maximum atomic E-state index is 12.9. The van der Waals surface area contributed by atoms with E-state index in [1.54, 1.807) is 18.9 Å². The quantitative estimate of drug-likeness (QED) is 0.545. The summed E-state index contributed by atoms with van der Waals surface area (Å²) in [5, 5.41) is 1.16. The molecule has 31 heavy (non-hydrogen) atoms. The molecule has 0 radical (unpaired) electrons. The largest absolute Gasteiger partial charge is 0.469 e. The summed E-state index contributed by atoms with van der Waals surface area (Å²) in [6, 6.07) is 9.90. The van der Waals surface area contributed by atoms with Crippen LogP contribution in [0.4, 0.5) is 0 Å². The summed E-state index contributed by atoms with van der Waals surface area (Å²) in [4.78, 5) is 22.2. The van der Waals surface area contributed by atoms with Crippen LogP contribution in [0.2, 0.25) is 0 Å². The van der Waals surface area contributed by atoms with Crippen LogP contribution in [0.3, 0.4) is 0 Å². The van der Waals surface area contributed by atoms with Crippen molar-refractivity contribution in [2.75, 3.05) is 6.54 Å². The van der Waals surface area contributed by atoms with E-state index in [1.165, 1.54) is 0 Å². The van der Waals surface area contributed by atoms with Gasteiger partial charge >= 0.3 is 0 Å². The number of nitrogens with zero attached hydrogens (tertiary/aromatic N) is 2. The van der Waals surface area contributed by atoms with Gasteiger partial charge in [-0.05, 0) is 51.5 Å². The Morgan fingerprint density at radius 3 is 2.87 bits per heavy atom. The van der Waals surface area contributed by atoms with Crippen molar-refractivity contribution in [2.45, 2.75) is 47.1 Å². The molecule has 0 bridgehead atoms. The maximum Gasteiger partial charge on any atom is 0.236 e. The number of ether oxygens (including phenoxy) is 1. The number of carbonyl (C=O) groups excluding carboxylic acids is 1. The van der Waals surface area contributed by atoms with Gasteiger partial charge in [-0.15, -0.1) is 0 Å². The van der Waals surface area contributed by atoms with E-state index < -0.39 is 5.41 Å². The number of amides is 1. The summed E-state index contributed by atoms with van der Waals surface area (Å²) in [7, 11) is 0. The lowest BCUT2D eigenvalue weighted by atomic mass is 9.88. The first-order chi connectivity index (χ1) is 15.0. The number of benzene rings is 1. The molecule has 1 N–H and O–H groups in total. The van der Waals surface area contributed by atoms with Gasteiger partial charge in [0.2, 0.25) is 5.91 Å². The molecule has 1 aromatic carbocycles. The number of para-hydroxylation sites is 1. The molecule has 0 spiro atoms. The van der Waals surface area contributed by atoms with Crippen LogP contribution in [0, 0.1) is 5.41 Å². The van der Waals surface area contributed by atoms with Gasteiger partial charge in [0.25, 0.3) is 0 Å². The van der Waals surface area contributed by atoms with Crippen molar-refractivity contribution in [1.29, 1.82) is 0 Å². The third-order valence-corrected chi connectivity index (χ3v) is 5.36. The average molecular weight is 422 g/mol. The number of hydrogen-bond acceptors (Lipinski definition) is 4. The Kier molecular flexibility index (Phi) is 7.34. The zero-order valence-electron chi connectivity index (χ0n) is 18.7. The summed E-state index contributed by atoms with van der Waals surface area (Å²) in [5.41, 5.74) is 2.36. The number of rotatable bonds is 5. The van der Waals surface area contributed by atoms with E-state index in [4.69, 9.17) is 9.15 Å². The lowest BCUT2D eigenvalue weighted by Gasteiger charge is -2.34. The van der Waals surface area contributed by atoms with Crippen molar-refractivity contribution < 1.29 is 13.9 Å². The predicted octanol–water partition coefficient (Wildman–Crippen LogP) is 5.60. The third-order valence-electron chi connectivity index (χ3n) is 5.36. The van der Waals surface area contributed by atoms with Crippen molar-refractivity contribution in [2.24, 2.45) is 5.41 Å². The molecule has 3 aromatic rings. The number of nitrogens with one attached hydrogen (secondary N) is 1. The normalized spacial score (nSPS) is 14.3. The number of aromatic amines is 1. The van der Waals surface area contributed by atoms with E-state index in [0.29, 0.717) is 18.8 Å². The van der Waals surface area contributed by atoms with Crippen molar-refractivity contribution >= 4 is 16.9 Å². The first kappa shape index (κ1) is 22.4. The Balaban J connectivity index is 0.000000248. The van der Waals surface area contributed by atoms with E-state index >= 15 is 0 Å². The summed E-state index contributed by atoms with van der Waals surface area (Å²) in [6.45, 7) is 9.04. The minimum absolute atomic E-state index is 0.0748. The number of allylic oxidation sites excluding steroid dienone is 2. The molecule has 1 aliphatic rings. The maximum absolute atomic E-state index is 12.9. The Morgan fingerprint density at radius 2 is 2.13 bits per heavy atom. The zero-order valence-corrected chi connectivity index (χ0v) is 18.7. The molecule has 0 aliphatic carbocycles. The molecular weight excluding hydrogens is 390 g/mol. The highest BCUT2D eigenvalue weighted by Crippen LogP contribution is 2.31. The van der Waals surface area contributed by atoms with Crippen molar-refractivity contribution in [3.63, 3.8) is 0 Å². The van der Waals surface area contributed by atoms with Crippen molar-refractivity contribution in [1.82, 2.24) is 14.9 Å². The highest BCUT2D eigenvalue weighted by molar-refractivity contribution is 5.85. The number of hydrogen-bond donors (Lipinski definition) is 1. The Bertz CT molecular complexity index is 1030. The van der Waals surface area contributed by atoms with E-state index in [9.17, 15) is 4.79 Å². The van der Waals surface area contributed by atoms with Crippen LogP contribution in [0.15, 0.2) is 71.5 Å². The zero-order chi connectivity index (χ0) is 22.3. The van der Waals surface area contributed by atoms with E-state index in [-0.39, 0.29) is 5.91 Å². The monoisotopic (exact) mass is 421 g/mol. The van der Waals surface area contributed by atoms with Crippen LogP contribution in [-0.4, -0.2) is 27.3 Å². The number of fused-ring (bicyclic) bond motifs is 2. The average Bonchev–Trinajstić information content (AvgIpc) is 3.45. The lowest BCUT2D eigenvalue weighted by molar-refractivity contribution is -0.141. The molecule has 1 amide bonds. The fourth-order valence-electron chi connectivity index (χ4n) is 3.59. The molecule has 0 unspecified atom stereocenters. The van der Waals surface area contributed by atoms with Gasteiger partial charge < -0.3 is 19.0 Å². The standard InChI is InChI=1S/C17H25N3O2.C8H6O/c1-5-7-10-22-15(6-2)17(3,4)16(21)20-9-8-13-14(11-20)19-12-18-13;1-2-4-8-7(3-1)5-6-9-8/h6-7,10,12H,5,8-9,11H2,1-4H3,(H,18,19);1-6H/b10-7+,15-6-;. The van der Waals surface area contributed by atoms with Gasteiger partial charge in [-0.2, -0.15) is 0 Å². The van der Waals surface area contributed by atoms with Crippen LogP contribution < -0.4 is 0 Å². The number of imidazole rings is 1. The molecule has 3 heterocycles. The van der Waals surface area contributed by atoms with Gasteiger partial charge in [0, 0.05) is 18.4 Å². The number of furan rings is 1. The van der Waals surface area contributed by atoms with E-state index in [1.807, 2.05) is 75.1 Å². The number of carbonyl (C=O) groups is 1. The molecule has 0 saturated carbocycles.